The van der Waals surface area contributed by atoms with E-state index in [1.807, 2.05) is 18.2 Å². The summed E-state index contributed by atoms with van der Waals surface area (Å²) < 4.78 is 5.24. The van der Waals surface area contributed by atoms with Crippen molar-refractivity contribution in [3.05, 3.63) is 24.3 Å². The molecule has 6 heteroatoms. The van der Waals surface area contributed by atoms with Crippen molar-refractivity contribution < 1.29 is 9.53 Å². The Morgan fingerprint density at radius 1 is 1.14 bits per heavy atom. The molecular weight excluding hydrogens is 352 g/mol. The Hall–Kier alpha value is -2.26. The lowest BCUT2D eigenvalue weighted by atomic mass is 9.84. The van der Waals surface area contributed by atoms with Crippen molar-refractivity contribution in [3.8, 4) is 11.8 Å². The standard InChI is InChI=1S/C22H32N4O2/c1-28-21-8-6-20(7-9-21)26-16-14-25(15-17-26)13-11-18-2-4-19(5-3-18)24-22(27)10-12-23/h6-9,18-19H,2-5,10-11,13-17H2,1H3,(H,24,27). The van der Waals surface area contributed by atoms with Gasteiger partial charge in [-0.2, -0.15) is 5.26 Å². The van der Waals surface area contributed by atoms with Crippen molar-refractivity contribution >= 4 is 11.6 Å². The van der Waals surface area contributed by atoms with E-state index in [-0.39, 0.29) is 18.4 Å². The van der Waals surface area contributed by atoms with E-state index in [4.69, 9.17) is 10.00 Å². The monoisotopic (exact) mass is 384 g/mol. The molecule has 28 heavy (non-hydrogen) atoms. The highest BCUT2D eigenvalue weighted by molar-refractivity contribution is 5.78. The van der Waals surface area contributed by atoms with Gasteiger partial charge in [0.05, 0.1) is 13.2 Å². The van der Waals surface area contributed by atoms with Crippen molar-refractivity contribution in [2.45, 2.75) is 44.6 Å². The van der Waals surface area contributed by atoms with Gasteiger partial charge >= 0.3 is 0 Å². The molecule has 2 fully saturated rings. The van der Waals surface area contributed by atoms with Crippen LogP contribution in [0.2, 0.25) is 0 Å². The first-order chi connectivity index (χ1) is 13.7. The van der Waals surface area contributed by atoms with Gasteiger partial charge < -0.3 is 15.0 Å². The third kappa shape index (κ3) is 5.87. The van der Waals surface area contributed by atoms with E-state index < -0.39 is 0 Å². The summed E-state index contributed by atoms with van der Waals surface area (Å²) in [6, 6.07) is 10.5. The second kappa shape index (κ2) is 10.3. The summed E-state index contributed by atoms with van der Waals surface area (Å²) in [7, 11) is 1.70. The molecule has 1 aliphatic heterocycles. The molecule has 0 unspecified atom stereocenters. The number of rotatable bonds is 7. The van der Waals surface area contributed by atoms with E-state index in [1.165, 1.54) is 31.5 Å². The first-order valence-corrected chi connectivity index (χ1v) is 10.5. The number of amides is 1. The summed E-state index contributed by atoms with van der Waals surface area (Å²) in [5.74, 6) is 1.55. The Kier molecular flexibility index (Phi) is 7.55. The molecule has 1 N–H and O–H groups in total. The maximum absolute atomic E-state index is 11.5. The molecule has 1 aliphatic carbocycles. The van der Waals surface area contributed by atoms with Crippen LogP contribution in [0.4, 0.5) is 5.69 Å². The molecule has 1 aromatic rings. The number of nitriles is 1. The van der Waals surface area contributed by atoms with Gasteiger partial charge in [0.2, 0.25) is 5.91 Å². The minimum absolute atomic E-state index is 0.0254. The third-order valence-electron chi connectivity index (χ3n) is 6.11. The number of piperazine rings is 1. The van der Waals surface area contributed by atoms with Crippen molar-refractivity contribution in [2.24, 2.45) is 5.92 Å². The molecule has 0 bridgehead atoms. The summed E-state index contributed by atoms with van der Waals surface area (Å²) >= 11 is 0. The van der Waals surface area contributed by atoms with E-state index >= 15 is 0 Å². The van der Waals surface area contributed by atoms with Gasteiger partial charge in [-0.3, -0.25) is 9.69 Å². The van der Waals surface area contributed by atoms with Gasteiger partial charge in [-0.15, -0.1) is 0 Å². The van der Waals surface area contributed by atoms with Crippen LogP contribution in [0.5, 0.6) is 5.75 Å². The van der Waals surface area contributed by atoms with E-state index in [9.17, 15) is 4.79 Å². The first kappa shape index (κ1) is 20.5. The second-order valence-electron chi connectivity index (χ2n) is 7.94. The zero-order valence-electron chi connectivity index (χ0n) is 16.9. The number of hydrogen-bond donors (Lipinski definition) is 1. The Balaban J connectivity index is 1.32. The van der Waals surface area contributed by atoms with Crippen LogP contribution in [0.3, 0.4) is 0 Å². The molecule has 3 rings (SSSR count). The van der Waals surface area contributed by atoms with Crippen molar-refractivity contribution in [1.29, 1.82) is 5.26 Å². The van der Waals surface area contributed by atoms with Crippen molar-refractivity contribution in [3.63, 3.8) is 0 Å². The molecule has 1 saturated carbocycles. The van der Waals surface area contributed by atoms with Gasteiger partial charge in [-0.25, -0.2) is 0 Å². The number of ether oxygens (including phenoxy) is 1. The zero-order valence-corrected chi connectivity index (χ0v) is 16.9. The van der Waals surface area contributed by atoms with Crippen LogP contribution in [0.1, 0.15) is 38.5 Å². The number of nitrogens with zero attached hydrogens (tertiary/aromatic N) is 3. The highest BCUT2D eigenvalue weighted by Crippen LogP contribution is 2.27. The first-order valence-electron chi connectivity index (χ1n) is 10.5. The molecule has 1 aromatic carbocycles. The zero-order chi connectivity index (χ0) is 19.8. The van der Waals surface area contributed by atoms with Crippen LogP contribution in [0.15, 0.2) is 24.3 Å². The van der Waals surface area contributed by atoms with Crippen LogP contribution in [0.25, 0.3) is 0 Å². The predicted octanol–water partition coefficient (Wildman–Crippen LogP) is 2.80. The lowest BCUT2D eigenvalue weighted by Gasteiger charge is -2.37. The number of methoxy groups -OCH3 is 1. The van der Waals surface area contributed by atoms with E-state index in [1.54, 1.807) is 7.11 Å². The maximum atomic E-state index is 11.5. The van der Waals surface area contributed by atoms with Gasteiger partial charge in [-0.05, 0) is 68.8 Å². The number of anilines is 1. The molecule has 0 radical (unpaired) electrons. The van der Waals surface area contributed by atoms with Crippen LogP contribution in [-0.4, -0.2) is 56.7 Å². The highest BCUT2D eigenvalue weighted by atomic mass is 16.5. The molecule has 0 aromatic heterocycles. The minimum atomic E-state index is -0.124. The minimum Gasteiger partial charge on any atom is -0.497 e. The number of carbonyl (C=O) groups is 1. The Bertz CT molecular complexity index is 654. The fourth-order valence-corrected chi connectivity index (χ4v) is 4.33. The smallest absolute Gasteiger partial charge is 0.234 e. The number of nitrogens with one attached hydrogen (secondary N) is 1. The van der Waals surface area contributed by atoms with Crippen LogP contribution in [-0.2, 0) is 4.79 Å². The number of hydrogen-bond acceptors (Lipinski definition) is 5. The fraction of sp³-hybridized carbons (Fsp3) is 0.636. The molecule has 152 valence electrons. The molecule has 1 heterocycles. The summed E-state index contributed by atoms with van der Waals surface area (Å²) in [5, 5.41) is 11.6. The third-order valence-corrected chi connectivity index (χ3v) is 6.11. The van der Waals surface area contributed by atoms with Gasteiger partial charge in [-0.1, -0.05) is 0 Å². The summed E-state index contributed by atoms with van der Waals surface area (Å²) in [4.78, 5) is 16.6. The molecule has 6 nitrogen and oxygen atoms in total. The Morgan fingerprint density at radius 3 is 2.43 bits per heavy atom. The molecule has 2 aliphatic rings. The van der Waals surface area contributed by atoms with Crippen molar-refractivity contribution in [2.75, 3.05) is 44.7 Å². The molecule has 1 amide bonds. The largest absolute Gasteiger partial charge is 0.497 e. The summed E-state index contributed by atoms with van der Waals surface area (Å²) in [6.07, 6.45) is 5.69. The highest BCUT2D eigenvalue weighted by Gasteiger charge is 2.24. The lowest BCUT2D eigenvalue weighted by molar-refractivity contribution is -0.121. The lowest BCUT2D eigenvalue weighted by Crippen LogP contribution is -2.47. The maximum Gasteiger partial charge on any atom is 0.234 e. The van der Waals surface area contributed by atoms with Gasteiger partial charge in [0, 0.05) is 37.9 Å². The number of benzene rings is 1. The topological polar surface area (TPSA) is 68.6 Å². The van der Waals surface area contributed by atoms with E-state index in [2.05, 4.69) is 27.2 Å². The van der Waals surface area contributed by atoms with Gasteiger partial charge in [0.15, 0.2) is 0 Å². The van der Waals surface area contributed by atoms with E-state index in [0.717, 1.165) is 50.7 Å². The Morgan fingerprint density at radius 2 is 1.82 bits per heavy atom. The average molecular weight is 385 g/mol. The van der Waals surface area contributed by atoms with Gasteiger partial charge in [0.1, 0.15) is 12.2 Å². The summed E-state index contributed by atoms with van der Waals surface area (Å²) in [5.41, 5.74) is 1.28. The molecular formula is C22H32N4O2. The van der Waals surface area contributed by atoms with Crippen LogP contribution in [0, 0.1) is 17.2 Å². The SMILES string of the molecule is COc1ccc(N2CCN(CCC3CCC(NC(=O)CC#N)CC3)CC2)cc1. The molecule has 1 saturated heterocycles. The fourth-order valence-electron chi connectivity index (χ4n) is 4.33. The number of carbonyl (C=O) groups excluding carboxylic acids is 1. The van der Waals surface area contributed by atoms with Gasteiger partial charge in [0.25, 0.3) is 0 Å². The van der Waals surface area contributed by atoms with Crippen molar-refractivity contribution in [1.82, 2.24) is 10.2 Å². The average Bonchev–Trinajstić information content (AvgIpc) is 2.74. The normalized spacial score (nSPS) is 23.1. The predicted molar refractivity (Wildman–Crippen MR) is 110 cm³/mol. The van der Waals surface area contributed by atoms with Crippen LogP contribution >= 0.6 is 0 Å². The second-order valence-corrected chi connectivity index (χ2v) is 7.94. The Labute approximate surface area is 168 Å². The van der Waals surface area contributed by atoms with E-state index in [0.29, 0.717) is 0 Å². The van der Waals surface area contributed by atoms with Crippen LogP contribution < -0.4 is 15.0 Å². The summed E-state index contributed by atoms with van der Waals surface area (Å²) in [6.45, 7) is 5.55. The molecule has 0 spiro atoms. The molecule has 0 atom stereocenters. The quantitative estimate of drug-likeness (QED) is 0.783.